The summed E-state index contributed by atoms with van der Waals surface area (Å²) in [5.41, 5.74) is 3.04. The summed E-state index contributed by atoms with van der Waals surface area (Å²) in [5.74, 6) is 0.877. The van der Waals surface area contributed by atoms with E-state index in [1.807, 2.05) is 30.5 Å². The van der Waals surface area contributed by atoms with Gasteiger partial charge < -0.3 is 15.0 Å². The van der Waals surface area contributed by atoms with Crippen LogP contribution in [0.1, 0.15) is 11.1 Å². The molecule has 1 aromatic carbocycles. The van der Waals surface area contributed by atoms with E-state index in [4.69, 9.17) is 17.0 Å². The SMILES string of the molecule is C=C(NCCc1ccc(OC)cc1)c1ccc[nH]c1=S. The minimum atomic E-state index is 0.703. The molecule has 0 aliphatic heterocycles. The minimum Gasteiger partial charge on any atom is -0.497 e. The Balaban J connectivity index is 1.88. The van der Waals surface area contributed by atoms with Crippen LogP contribution in [0.2, 0.25) is 0 Å². The fraction of sp³-hybridized carbons (Fsp3) is 0.188. The molecule has 0 aliphatic carbocycles. The molecule has 0 saturated carbocycles. The van der Waals surface area contributed by atoms with Crippen LogP contribution >= 0.6 is 12.2 Å². The van der Waals surface area contributed by atoms with Crippen molar-refractivity contribution >= 4 is 17.9 Å². The van der Waals surface area contributed by atoms with E-state index >= 15 is 0 Å². The highest BCUT2D eigenvalue weighted by molar-refractivity contribution is 7.71. The van der Waals surface area contributed by atoms with Crippen LogP contribution in [0.3, 0.4) is 0 Å². The quantitative estimate of drug-likeness (QED) is 0.797. The van der Waals surface area contributed by atoms with Crippen LogP contribution in [-0.2, 0) is 6.42 Å². The highest BCUT2D eigenvalue weighted by atomic mass is 32.1. The first-order chi connectivity index (χ1) is 9.70. The Hall–Kier alpha value is -2.07. The highest BCUT2D eigenvalue weighted by Crippen LogP contribution is 2.12. The van der Waals surface area contributed by atoms with Gasteiger partial charge in [0, 0.05) is 24.0 Å². The topological polar surface area (TPSA) is 37.0 Å². The highest BCUT2D eigenvalue weighted by Gasteiger charge is 2.00. The molecule has 0 radical (unpaired) electrons. The Morgan fingerprint density at radius 3 is 2.70 bits per heavy atom. The number of pyridine rings is 1. The van der Waals surface area contributed by atoms with E-state index in [0.29, 0.717) is 4.64 Å². The molecular weight excluding hydrogens is 268 g/mol. The molecule has 0 fully saturated rings. The summed E-state index contributed by atoms with van der Waals surface area (Å²) < 4.78 is 5.84. The molecular formula is C16H18N2OS. The second-order valence-corrected chi connectivity index (χ2v) is 4.82. The molecule has 0 amide bonds. The Bertz CT molecular complexity index is 631. The Kier molecular flexibility index (Phi) is 4.96. The van der Waals surface area contributed by atoms with Gasteiger partial charge in [0.25, 0.3) is 0 Å². The maximum atomic E-state index is 5.23. The number of aromatic amines is 1. The van der Waals surface area contributed by atoms with Crippen molar-refractivity contribution in [2.24, 2.45) is 0 Å². The molecule has 0 bridgehead atoms. The third-order valence-electron chi connectivity index (χ3n) is 3.05. The molecule has 20 heavy (non-hydrogen) atoms. The Morgan fingerprint density at radius 2 is 2.05 bits per heavy atom. The lowest BCUT2D eigenvalue weighted by molar-refractivity contribution is 0.414. The van der Waals surface area contributed by atoms with Crippen molar-refractivity contribution in [3.63, 3.8) is 0 Å². The summed E-state index contributed by atoms with van der Waals surface area (Å²) in [6.07, 6.45) is 2.74. The maximum absolute atomic E-state index is 5.23. The van der Waals surface area contributed by atoms with E-state index in [9.17, 15) is 0 Å². The van der Waals surface area contributed by atoms with Gasteiger partial charge in [0.1, 0.15) is 10.4 Å². The van der Waals surface area contributed by atoms with Gasteiger partial charge >= 0.3 is 0 Å². The maximum Gasteiger partial charge on any atom is 0.118 e. The van der Waals surface area contributed by atoms with E-state index in [1.165, 1.54) is 5.56 Å². The van der Waals surface area contributed by atoms with E-state index < -0.39 is 0 Å². The van der Waals surface area contributed by atoms with E-state index in [0.717, 1.165) is 30.0 Å². The van der Waals surface area contributed by atoms with Crippen molar-refractivity contribution in [3.05, 3.63) is 64.9 Å². The molecule has 4 heteroatoms. The molecule has 2 rings (SSSR count). The minimum absolute atomic E-state index is 0.703. The number of nitrogens with one attached hydrogen (secondary N) is 2. The smallest absolute Gasteiger partial charge is 0.118 e. The number of rotatable bonds is 6. The van der Waals surface area contributed by atoms with Gasteiger partial charge in [0.15, 0.2) is 0 Å². The molecule has 3 nitrogen and oxygen atoms in total. The fourth-order valence-electron chi connectivity index (χ4n) is 1.90. The van der Waals surface area contributed by atoms with Crippen LogP contribution in [0.15, 0.2) is 49.2 Å². The second kappa shape index (κ2) is 6.91. The van der Waals surface area contributed by atoms with Gasteiger partial charge in [-0.15, -0.1) is 0 Å². The summed E-state index contributed by atoms with van der Waals surface area (Å²) in [6, 6.07) is 12.0. The van der Waals surface area contributed by atoms with Crippen molar-refractivity contribution in [2.45, 2.75) is 6.42 Å². The lowest BCUT2D eigenvalue weighted by Gasteiger charge is -2.10. The largest absolute Gasteiger partial charge is 0.497 e. The van der Waals surface area contributed by atoms with Crippen LogP contribution in [0.4, 0.5) is 0 Å². The molecule has 1 aromatic heterocycles. The number of H-pyrrole nitrogens is 1. The van der Waals surface area contributed by atoms with Gasteiger partial charge in [-0.25, -0.2) is 0 Å². The molecule has 0 unspecified atom stereocenters. The summed E-state index contributed by atoms with van der Waals surface area (Å²) in [5, 5.41) is 3.30. The Morgan fingerprint density at radius 1 is 1.30 bits per heavy atom. The predicted octanol–water partition coefficient (Wildman–Crippen LogP) is 3.56. The van der Waals surface area contributed by atoms with Gasteiger partial charge in [0.2, 0.25) is 0 Å². The lowest BCUT2D eigenvalue weighted by atomic mass is 10.1. The van der Waals surface area contributed by atoms with Crippen LogP contribution < -0.4 is 10.1 Å². The van der Waals surface area contributed by atoms with Crippen LogP contribution in [0.5, 0.6) is 5.75 Å². The molecule has 104 valence electrons. The molecule has 0 spiro atoms. The van der Waals surface area contributed by atoms with Crippen molar-refractivity contribution < 1.29 is 4.74 Å². The molecule has 2 aromatic rings. The molecule has 0 saturated heterocycles. The van der Waals surface area contributed by atoms with Gasteiger partial charge in [0.05, 0.1) is 7.11 Å². The Labute approximate surface area is 124 Å². The average molecular weight is 286 g/mol. The summed E-state index contributed by atoms with van der Waals surface area (Å²) >= 11 is 5.23. The number of hydrogen-bond donors (Lipinski definition) is 2. The van der Waals surface area contributed by atoms with Gasteiger partial charge in [-0.05, 0) is 36.2 Å². The average Bonchev–Trinajstić information content (AvgIpc) is 2.48. The third kappa shape index (κ3) is 3.71. The van der Waals surface area contributed by atoms with E-state index in [2.05, 4.69) is 29.0 Å². The van der Waals surface area contributed by atoms with E-state index in [1.54, 1.807) is 7.11 Å². The van der Waals surface area contributed by atoms with Crippen LogP contribution in [0, 0.1) is 4.64 Å². The molecule has 2 N–H and O–H groups in total. The van der Waals surface area contributed by atoms with Crippen molar-refractivity contribution in [3.8, 4) is 5.75 Å². The van der Waals surface area contributed by atoms with Crippen LogP contribution in [-0.4, -0.2) is 18.6 Å². The third-order valence-corrected chi connectivity index (χ3v) is 3.39. The second-order valence-electron chi connectivity index (χ2n) is 4.42. The summed E-state index contributed by atoms with van der Waals surface area (Å²) in [6.45, 7) is 4.84. The summed E-state index contributed by atoms with van der Waals surface area (Å²) in [4.78, 5) is 3.00. The van der Waals surface area contributed by atoms with E-state index in [-0.39, 0.29) is 0 Å². The fourth-order valence-corrected chi connectivity index (χ4v) is 2.16. The first kappa shape index (κ1) is 14.3. The number of aromatic nitrogens is 1. The number of methoxy groups -OCH3 is 1. The van der Waals surface area contributed by atoms with Gasteiger partial charge in [-0.3, -0.25) is 0 Å². The van der Waals surface area contributed by atoms with Crippen LogP contribution in [0.25, 0.3) is 5.70 Å². The predicted molar refractivity (Wildman–Crippen MR) is 85.4 cm³/mol. The zero-order chi connectivity index (χ0) is 14.4. The zero-order valence-corrected chi connectivity index (χ0v) is 12.3. The molecule has 0 atom stereocenters. The number of hydrogen-bond acceptors (Lipinski definition) is 3. The normalized spacial score (nSPS) is 10.1. The molecule has 0 aliphatic rings. The van der Waals surface area contributed by atoms with Crippen molar-refractivity contribution in [1.29, 1.82) is 0 Å². The standard InChI is InChI=1S/C16H18N2OS/c1-12(15-4-3-10-18-16(15)20)17-11-9-13-5-7-14(19-2)8-6-13/h3-8,10,17H,1,9,11H2,2H3,(H,18,20). The lowest BCUT2D eigenvalue weighted by Crippen LogP contribution is -2.15. The first-order valence-corrected chi connectivity index (χ1v) is 6.85. The van der Waals surface area contributed by atoms with Gasteiger partial charge in [-0.1, -0.05) is 30.9 Å². The summed E-state index contributed by atoms with van der Waals surface area (Å²) in [7, 11) is 1.67. The zero-order valence-electron chi connectivity index (χ0n) is 11.5. The van der Waals surface area contributed by atoms with Crippen molar-refractivity contribution in [2.75, 3.05) is 13.7 Å². The molecule has 1 heterocycles. The van der Waals surface area contributed by atoms with Gasteiger partial charge in [-0.2, -0.15) is 0 Å². The monoisotopic (exact) mass is 286 g/mol. The number of ether oxygens (including phenoxy) is 1. The van der Waals surface area contributed by atoms with Crippen molar-refractivity contribution in [1.82, 2.24) is 10.3 Å². The number of benzene rings is 1. The first-order valence-electron chi connectivity index (χ1n) is 6.44.